The van der Waals surface area contributed by atoms with E-state index < -0.39 is 30.0 Å². The Morgan fingerprint density at radius 3 is 2.68 bits per heavy atom. The highest BCUT2D eigenvalue weighted by Crippen LogP contribution is 2.31. The Labute approximate surface area is 146 Å². The van der Waals surface area contributed by atoms with Crippen molar-refractivity contribution in [1.29, 1.82) is 0 Å². The zero-order valence-electron chi connectivity index (χ0n) is 13.4. The van der Waals surface area contributed by atoms with Crippen LogP contribution in [0.15, 0.2) is 30.3 Å². The van der Waals surface area contributed by atoms with Gasteiger partial charge in [0.05, 0.1) is 6.04 Å². The lowest BCUT2D eigenvalue weighted by molar-refractivity contribution is -0.171. The molecule has 1 aliphatic rings. The number of piperidine rings is 1. The number of halogens is 3. The van der Waals surface area contributed by atoms with Gasteiger partial charge < -0.3 is 10.6 Å². The minimum atomic E-state index is -4.48. The van der Waals surface area contributed by atoms with Crippen molar-refractivity contribution in [1.82, 2.24) is 10.6 Å². The van der Waals surface area contributed by atoms with Crippen LogP contribution in [0.5, 0.6) is 0 Å². The second kappa shape index (κ2) is 6.67. The fourth-order valence-electron chi connectivity index (χ4n) is 2.91. The van der Waals surface area contributed by atoms with Gasteiger partial charge in [0.2, 0.25) is 11.8 Å². The number of hydrogen-bond acceptors (Lipinski definition) is 3. The van der Waals surface area contributed by atoms with E-state index in [2.05, 4.69) is 5.32 Å². The zero-order chi connectivity index (χ0) is 18.2. The average Bonchev–Trinajstić information content (AvgIpc) is 2.98. The number of carbonyl (C=O) groups excluding carboxylic acids is 2. The molecule has 1 fully saturated rings. The number of thiophene rings is 1. The summed E-state index contributed by atoms with van der Waals surface area (Å²) in [6.45, 7) is 1.79. The topological polar surface area (TPSA) is 58.2 Å². The molecular weight excluding hydrogens is 353 g/mol. The van der Waals surface area contributed by atoms with Gasteiger partial charge in [-0.05, 0) is 37.3 Å². The van der Waals surface area contributed by atoms with Gasteiger partial charge in [0.15, 0.2) is 0 Å². The molecule has 0 saturated carbocycles. The van der Waals surface area contributed by atoms with Crippen molar-refractivity contribution in [2.75, 3.05) is 0 Å². The third kappa shape index (κ3) is 3.78. The summed E-state index contributed by atoms with van der Waals surface area (Å²) in [5, 5.41) is 5.70. The summed E-state index contributed by atoms with van der Waals surface area (Å²) in [5.74, 6) is -2.49. The van der Waals surface area contributed by atoms with Crippen LogP contribution in [-0.2, 0) is 9.59 Å². The number of alkyl halides is 3. The van der Waals surface area contributed by atoms with Crippen LogP contribution in [0, 0.1) is 5.92 Å². The van der Waals surface area contributed by atoms with Gasteiger partial charge in [-0.1, -0.05) is 18.2 Å². The predicted molar refractivity (Wildman–Crippen MR) is 89.1 cm³/mol. The molecule has 2 aromatic rings. The van der Waals surface area contributed by atoms with Crippen molar-refractivity contribution in [3.63, 3.8) is 0 Å². The van der Waals surface area contributed by atoms with Gasteiger partial charge in [-0.15, -0.1) is 11.3 Å². The van der Waals surface area contributed by atoms with Gasteiger partial charge in [0, 0.05) is 9.58 Å². The van der Waals surface area contributed by atoms with Gasteiger partial charge in [-0.3, -0.25) is 9.59 Å². The SMILES string of the molecule is CC(NC(=O)C1CCC(C(F)(F)F)NC1=O)c1cc2ccccc2s1. The molecule has 0 spiro atoms. The lowest BCUT2D eigenvalue weighted by Gasteiger charge is -2.30. The second-order valence-electron chi connectivity index (χ2n) is 6.15. The first-order chi connectivity index (χ1) is 11.8. The normalized spacial score (nSPS) is 22.5. The number of rotatable bonds is 3. The summed E-state index contributed by atoms with van der Waals surface area (Å²) in [5.41, 5.74) is 0. The van der Waals surface area contributed by atoms with E-state index in [-0.39, 0.29) is 18.9 Å². The van der Waals surface area contributed by atoms with E-state index in [1.807, 2.05) is 35.6 Å². The van der Waals surface area contributed by atoms with E-state index in [4.69, 9.17) is 0 Å². The molecule has 3 rings (SSSR count). The summed E-state index contributed by atoms with van der Waals surface area (Å²) in [7, 11) is 0. The van der Waals surface area contributed by atoms with Crippen molar-refractivity contribution < 1.29 is 22.8 Å². The van der Waals surface area contributed by atoms with Crippen LogP contribution >= 0.6 is 11.3 Å². The van der Waals surface area contributed by atoms with Crippen LogP contribution in [0.4, 0.5) is 13.2 Å². The van der Waals surface area contributed by atoms with Crippen molar-refractivity contribution in [2.24, 2.45) is 5.92 Å². The van der Waals surface area contributed by atoms with Crippen LogP contribution < -0.4 is 10.6 Å². The van der Waals surface area contributed by atoms with Crippen molar-refractivity contribution in [2.45, 2.75) is 38.0 Å². The molecule has 25 heavy (non-hydrogen) atoms. The number of carbonyl (C=O) groups is 2. The number of amides is 2. The molecule has 4 nitrogen and oxygen atoms in total. The summed E-state index contributed by atoms with van der Waals surface area (Å²) >= 11 is 1.53. The molecule has 1 aromatic carbocycles. The lowest BCUT2D eigenvalue weighted by Crippen LogP contribution is -2.54. The fourth-order valence-corrected chi connectivity index (χ4v) is 3.97. The third-order valence-corrected chi connectivity index (χ3v) is 5.62. The van der Waals surface area contributed by atoms with E-state index >= 15 is 0 Å². The van der Waals surface area contributed by atoms with Crippen molar-refractivity contribution >= 4 is 33.2 Å². The number of fused-ring (bicyclic) bond motifs is 1. The quantitative estimate of drug-likeness (QED) is 0.812. The van der Waals surface area contributed by atoms with E-state index in [1.165, 1.54) is 11.3 Å². The Hall–Kier alpha value is -2.09. The Balaban J connectivity index is 1.65. The monoisotopic (exact) mass is 370 g/mol. The van der Waals surface area contributed by atoms with E-state index in [0.29, 0.717) is 0 Å². The Kier molecular flexibility index (Phi) is 4.73. The average molecular weight is 370 g/mol. The first-order valence-electron chi connectivity index (χ1n) is 7.91. The maximum Gasteiger partial charge on any atom is 0.408 e. The van der Waals surface area contributed by atoms with Gasteiger partial charge >= 0.3 is 6.18 Å². The molecule has 8 heteroatoms. The highest BCUT2D eigenvalue weighted by molar-refractivity contribution is 7.19. The standard InChI is InChI=1S/C17H17F3N2O2S/c1-9(13-8-10-4-2-3-5-12(10)25-13)21-15(23)11-6-7-14(17(18,19)20)22-16(11)24/h2-5,8-9,11,14H,6-7H2,1H3,(H,21,23)(H,22,24). The molecule has 0 aliphatic carbocycles. The van der Waals surface area contributed by atoms with E-state index in [0.717, 1.165) is 15.0 Å². The molecule has 2 heterocycles. The molecular formula is C17H17F3N2O2S. The summed E-state index contributed by atoms with van der Waals surface area (Å²) in [6, 6.07) is 7.56. The number of hydrogen-bond donors (Lipinski definition) is 2. The van der Waals surface area contributed by atoms with E-state index in [9.17, 15) is 22.8 Å². The zero-order valence-corrected chi connectivity index (χ0v) is 14.2. The summed E-state index contributed by atoms with van der Waals surface area (Å²) in [6.07, 6.45) is -4.88. The molecule has 0 radical (unpaired) electrons. The van der Waals surface area contributed by atoms with E-state index in [1.54, 1.807) is 6.92 Å². The minimum Gasteiger partial charge on any atom is -0.348 e. The predicted octanol–water partition coefficient (Wildman–Crippen LogP) is 3.54. The van der Waals surface area contributed by atoms with Crippen molar-refractivity contribution in [3.8, 4) is 0 Å². The van der Waals surface area contributed by atoms with Crippen LogP contribution in [0.25, 0.3) is 10.1 Å². The van der Waals surface area contributed by atoms with Crippen molar-refractivity contribution in [3.05, 3.63) is 35.2 Å². The molecule has 3 unspecified atom stereocenters. The first-order valence-corrected chi connectivity index (χ1v) is 8.73. The largest absolute Gasteiger partial charge is 0.408 e. The Morgan fingerprint density at radius 1 is 1.32 bits per heavy atom. The maximum absolute atomic E-state index is 12.7. The molecule has 1 aromatic heterocycles. The van der Waals surface area contributed by atoms with Gasteiger partial charge in [-0.2, -0.15) is 13.2 Å². The van der Waals surface area contributed by atoms with Gasteiger partial charge in [-0.25, -0.2) is 0 Å². The summed E-state index contributed by atoms with van der Waals surface area (Å²) in [4.78, 5) is 25.1. The first kappa shape index (κ1) is 17.7. The van der Waals surface area contributed by atoms with Crippen LogP contribution in [0.3, 0.4) is 0 Å². The third-order valence-electron chi connectivity index (χ3n) is 4.32. The highest BCUT2D eigenvalue weighted by Gasteiger charge is 2.46. The number of benzene rings is 1. The Morgan fingerprint density at radius 2 is 2.04 bits per heavy atom. The molecule has 3 atom stereocenters. The molecule has 0 bridgehead atoms. The van der Waals surface area contributed by atoms with Gasteiger partial charge in [0.25, 0.3) is 0 Å². The highest BCUT2D eigenvalue weighted by atomic mass is 32.1. The molecule has 1 aliphatic heterocycles. The Bertz CT molecular complexity index is 770. The molecule has 134 valence electrons. The fraction of sp³-hybridized carbons (Fsp3) is 0.412. The second-order valence-corrected chi connectivity index (χ2v) is 7.26. The molecule has 2 amide bonds. The minimum absolute atomic E-state index is 0.110. The van der Waals surface area contributed by atoms with Crippen LogP contribution in [-0.4, -0.2) is 24.0 Å². The van der Waals surface area contributed by atoms with Crippen LogP contribution in [0.1, 0.15) is 30.7 Å². The lowest BCUT2D eigenvalue weighted by atomic mass is 9.92. The van der Waals surface area contributed by atoms with Gasteiger partial charge in [0.1, 0.15) is 12.0 Å². The van der Waals surface area contributed by atoms with Crippen LogP contribution in [0.2, 0.25) is 0 Å². The summed E-state index contributed by atoms with van der Waals surface area (Å²) < 4.78 is 39.1. The number of nitrogens with one attached hydrogen (secondary N) is 2. The smallest absolute Gasteiger partial charge is 0.348 e. The molecule has 1 saturated heterocycles. The maximum atomic E-state index is 12.7. The molecule has 2 N–H and O–H groups in total.